The molecule has 1 fully saturated rings. The average molecular weight is 369 g/mol. The van der Waals surface area contributed by atoms with Crippen LogP contribution in [0.15, 0.2) is 23.4 Å². The van der Waals surface area contributed by atoms with Gasteiger partial charge in [-0.1, -0.05) is 24.8 Å². The summed E-state index contributed by atoms with van der Waals surface area (Å²) < 4.78 is 2.05. The number of nitrogens with zero attached hydrogens (tertiary/aromatic N) is 5. The summed E-state index contributed by atoms with van der Waals surface area (Å²) in [6.07, 6.45) is 4.42. The highest BCUT2D eigenvalue weighted by Crippen LogP contribution is 2.27. The molecule has 0 saturated carbocycles. The maximum Gasteiger partial charge on any atom is 0.233 e. The van der Waals surface area contributed by atoms with Gasteiger partial charge in [0, 0.05) is 25.5 Å². The molecule has 136 valence electrons. The number of hydrogen-bond donors (Lipinski definition) is 0. The third kappa shape index (κ3) is 3.16. The van der Waals surface area contributed by atoms with Crippen LogP contribution in [0.1, 0.15) is 31.7 Å². The number of amides is 1. The van der Waals surface area contributed by atoms with Gasteiger partial charge in [0.15, 0.2) is 5.65 Å². The number of hydrogen-bond acceptors (Lipinski definition) is 5. The van der Waals surface area contributed by atoms with Crippen LogP contribution in [-0.2, 0) is 18.3 Å². The van der Waals surface area contributed by atoms with E-state index in [9.17, 15) is 4.79 Å². The predicted octanol–water partition coefficient (Wildman–Crippen LogP) is 3.18. The molecule has 1 amide bonds. The molecule has 0 N–H and O–H groups in total. The second-order valence-electron chi connectivity index (χ2n) is 6.76. The van der Waals surface area contributed by atoms with Crippen LogP contribution in [0.2, 0.25) is 0 Å². The van der Waals surface area contributed by atoms with E-state index in [1.54, 1.807) is 0 Å². The van der Waals surface area contributed by atoms with Crippen molar-refractivity contribution in [3.05, 3.63) is 23.8 Å². The molecule has 4 rings (SSSR count). The Hall–Kier alpha value is -2.15. The molecule has 3 heterocycles. The Balaban J connectivity index is 1.58. The molecule has 0 radical (unpaired) electrons. The molecular formula is C19H23N5OS. The number of carbonyl (C=O) groups is 1. The van der Waals surface area contributed by atoms with Crippen molar-refractivity contribution in [3.63, 3.8) is 0 Å². The van der Waals surface area contributed by atoms with Gasteiger partial charge in [-0.25, -0.2) is 4.98 Å². The monoisotopic (exact) mass is 369 g/mol. The minimum Gasteiger partial charge on any atom is -0.342 e. The van der Waals surface area contributed by atoms with Crippen LogP contribution in [0.25, 0.3) is 22.1 Å². The van der Waals surface area contributed by atoms with Crippen LogP contribution in [0.3, 0.4) is 0 Å². The van der Waals surface area contributed by atoms with Crippen molar-refractivity contribution in [1.82, 2.24) is 24.6 Å². The molecule has 1 aliphatic rings. The number of thioether (sulfide) groups is 1. The predicted molar refractivity (Wildman–Crippen MR) is 104 cm³/mol. The van der Waals surface area contributed by atoms with Crippen molar-refractivity contribution in [2.75, 3.05) is 18.8 Å². The quantitative estimate of drug-likeness (QED) is 0.661. The number of carbonyl (C=O) groups excluding carboxylic acids is 1. The molecule has 3 aromatic rings. The Labute approximate surface area is 157 Å². The van der Waals surface area contributed by atoms with E-state index in [0.29, 0.717) is 10.9 Å². The number of aromatic nitrogens is 4. The van der Waals surface area contributed by atoms with E-state index in [2.05, 4.69) is 44.9 Å². The summed E-state index contributed by atoms with van der Waals surface area (Å²) in [5.74, 6) is 0.542. The summed E-state index contributed by atoms with van der Waals surface area (Å²) in [4.78, 5) is 19.0. The summed E-state index contributed by atoms with van der Waals surface area (Å²) >= 11 is 1.37. The minimum absolute atomic E-state index is 0.169. The van der Waals surface area contributed by atoms with Gasteiger partial charge in [-0.2, -0.15) is 0 Å². The lowest BCUT2D eigenvalue weighted by Gasteiger charge is -2.26. The highest BCUT2D eigenvalue weighted by Gasteiger charge is 2.18. The van der Waals surface area contributed by atoms with Gasteiger partial charge in [-0.3, -0.25) is 4.79 Å². The van der Waals surface area contributed by atoms with Gasteiger partial charge in [0.1, 0.15) is 5.52 Å². The fraction of sp³-hybridized carbons (Fsp3) is 0.474. The van der Waals surface area contributed by atoms with E-state index in [1.165, 1.54) is 23.7 Å². The third-order valence-corrected chi connectivity index (χ3v) is 5.91. The van der Waals surface area contributed by atoms with E-state index < -0.39 is 0 Å². The van der Waals surface area contributed by atoms with E-state index >= 15 is 0 Å². The van der Waals surface area contributed by atoms with E-state index in [1.807, 2.05) is 11.9 Å². The van der Waals surface area contributed by atoms with Gasteiger partial charge in [-0.15, -0.1) is 10.2 Å². The van der Waals surface area contributed by atoms with E-state index in [0.717, 1.165) is 54.4 Å². The van der Waals surface area contributed by atoms with Crippen LogP contribution in [-0.4, -0.2) is 49.4 Å². The number of benzene rings is 1. The van der Waals surface area contributed by atoms with Crippen LogP contribution < -0.4 is 0 Å². The van der Waals surface area contributed by atoms with Crippen molar-refractivity contribution in [2.24, 2.45) is 7.05 Å². The van der Waals surface area contributed by atoms with Crippen LogP contribution in [0.4, 0.5) is 0 Å². The number of aryl methyl sites for hydroxylation is 2. The van der Waals surface area contributed by atoms with Gasteiger partial charge >= 0.3 is 0 Å². The Bertz CT molecular complexity index is 961. The first-order valence-corrected chi connectivity index (χ1v) is 10.2. The Kier molecular flexibility index (Phi) is 4.80. The molecule has 7 heteroatoms. The standard InChI is InChI=1S/C19H23N5OS/c1-3-13-7-8-15-14(11-13)17-18(23(15)2)20-19(22-21-17)26-12-16(25)24-9-5-4-6-10-24/h7-8,11H,3-6,9-10,12H2,1-2H3. The lowest BCUT2D eigenvalue weighted by atomic mass is 10.1. The summed E-state index contributed by atoms with van der Waals surface area (Å²) in [6.45, 7) is 3.89. The normalized spacial score (nSPS) is 15.1. The molecule has 1 aromatic carbocycles. The van der Waals surface area contributed by atoms with Crippen molar-refractivity contribution in [3.8, 4) is 0 Å². The zero-order chi connectivity index (χ0) is 18.1. The van der Waals surface area contributed by atoms with Gasteiger partial charge in [0.2, 0.25) is 11.1 Å². The van der Waals surface area contributed by atoms with Gasteiger partial charge < -0.3 is 9.47 Å². The summed E-state index contributed by atoms with van der Waals surface area (Å²) in [5.41, 5.74) is 4.02. The molecule has 2 aromatic heterocycles. The SMILES string of the molecule is CCc1ccc2c(c1)c1nnc(SCC(=O)N3CCCCC3)nc1n2C. The number of fused-ring (bicyclic) bond motifs is 3. The molecule has 0 spiro atoms. The average Bonchev–Trinajstić information content (AvgIpc) is 2.98. The highest BCUT2D eigenvalue weighted by atomic mass is 32.2. The molecule has 26 heavy (non-hydrogen) atoms. The Morgan fingerprint density at radius 2 is 2.00 bits per heavy atom. The topological polar surface area (TPSA) is 63.9 Å². The first-order valence-electron chi connectivity index (χ1n) is 9.19. The maximum absolute atomic E-state index is 12.3. The second kappa shape index (κ2) is 7.23. The fourth-order valence-corrected chi connectivity index (χ4v) is 4.22. The molecule has 1 saturated heterocycles. The van der Waals surface area contributed by atoms with Gasteiger partial charge in [0.05, 0.1) is 11.3 Å². The van der Waals surface area contributed by atoms with E-state index in [-0.39, 0.29) is 5.91 Å². The van der Waals surface area contributed by atoms with Crippen molar-refractivity contribution >= 4 is 39.7 Å². The fourth-order valence-electron chi connectivity index (χ4n) is 3.53. The smallest absolute Gasteiger partial charge is 0.233 e. The first kappa shape index (κ1) is 17.3. The molecule has 0 bridgehead atoms. The van der Waals surface area contributed by atoms with Gasteiger partial charge in [-0.05, 0) is 43.4 Å². The summed E-state index contributed by atoms with van der Waals surface area (Å²) in [7, 11) is 2.00. The van der Waals surface area contributed by atoms with Crippen molar-refractivity contribution < 1.29 is 4.79 Å². The zero-order valence-electron chi connectivity index (χ0n) is 15.2. The molecule has 0 atom stereocenters. The Morgan fingerprint density at radius 1 is 1.19 bits per heavy atom. The molecule has 1 aliphatic heterocycles. The highest BCUT2D eigenvalue weighted by molar-refractivity contribution is 7.99. The second-order valence-corrected chi connectivity index (χ2v) is 7.70. The van der Waals surface area contributed by atoms with E-state index in [4.69, 9.17) is 0 Å². The Morgan fingerprint density at radius 3 is 2.77 bits per heavy atom. The van der Waals surface area contributed by atoms with Crippen LogP contribution >= 0.6 is 11.8 Å². The maximum atomic E-state index is 12.3. The third-order valence-electron chi connectivity index (χ3n) is 5.09. The van der Waals surface area contributed by atoms with Crippen molar-refractivity contribution in [2.45, 2.75) is 37.8 Å². The number of piperidine rings is 1. The van der Waals surface area contributed by atoms with Crippen LogP contribution in [0, 0.1) is 0 Å². The molecule has 0 unspecified atom stereocenters. The van der Waals surface area contributed by atoms with Gasteiger partial charge in [0.25, 0.3) is 0 Å². The number of likely N-dealkylation sites (tertiary alicyclic amines) is 1. The summed E-state index contributed by atoms with van der Waals surface area (Å²) in [6, 6.07) is 6.42. The number of rotatable bonds is 4. The summed E-state index contributed by atoms with van der Waals surface area (Å²) in [5, 5.41) is 10.3. The molecule has 0 aliphatic carbocycles. The lowest BCUT2D eigenvalue weighted by Crippen LogP contribution is -2.36. The first-order chi connectivity index (χ1) is 12.7. The van der Waals surface area contributed by atoms with Crippen LogP contribution in [0.5, 0.6) is 0 Å². The lowest BCUT2D eigenvalue weighted by molar-refractivity contribution is -0.129. The zero-order valence-corrected chi connectivity index (χ0v) is 16.1. The molecular weight excluding hydrogens is 346 g/mol. The largest absolute Gasteiger partial charge is 0.342 e. The van der Waals surface area contributed by atoms with Crippen molar-refractivity contribution in [1.29, 1.82) is 0 Å². The molecule has 6 nitrogen and oxygen atoms in total. The minimum atomic E-state index is 0.169.